The molecular weight excluding hydrogens is 474 g/mol. The summed E-state index contributed by atoms with van der Waals surface area (Å²) in [6.07, 6.45) is 7.35. The predicted octanol–water partition coefficient (Wildman–Crippen LogP) is 5.11. The number of thiophene rings is 1. The molecule has 1 aromatic heterocycles. The van der Waals surface area contributed by atoms with Crippen LogP contribution in [0, 0.1) is 12.8 Å². The van der Waals surface area contributed by atoms with Gasteiger partial charge in [0.1, 0.15) is 17.0 Å². The number of ether oxygens (including phenoxy) is 2. The van der Waals surface area contributed by atoms with E-state index in [9.17, 15) is 9.59 Å². The molecule has 2 aliphatic rings. The van der Waals surface area contributed by atoms with E-state index in [4.69, 9.17) is 9.47 Å². The van der Waals surface area contributed by atoms with Crippen LogP contribution in [0.3, 0.4) is 0 Å². The molecule has 0 radical (unpaired) electrons. The molecule has 1 aliphatic heterocycles. The zero-order chi connectivity index (χ0) is 26.3. The Morgan fingerprint density at radius 2 is 1.78 bits per heavy atom. The lowest BCUT2D eigenvalue weighted by molar-refractivity contribution is -0.141. The van der Waals surface area contributed by atoms with E-state index in [-0.39, 0.29) is 24.4 Å². The smallest absolute Gasteiger partial charge is 0.247 e. The molecule has 1 fully saturated rings. The summed E-state index contributed by atoms with van der Waals surface area (Å²) in [4.78, 5) is 29.2. The number of aryl methyl sites for hydroxylation is 1. The van der Waals surface area contributed by atoms with E-state index in [2.05, 4.69) is 42.0 Å². The SMILES string of the molecule is COc1ccc(OC)c2c1/C=C/C(=O)N(C)C(C)(C(=O)NC1CCC(C)CC1)CN2.Cc1cccs1. The molecule has 1 aliphatic carbocycles. The van der Waals surface area contributed by atoms with Crippen LogP contribution in [0.15, 0.2) is 35.7 Å². The van der Waals surface area contributed by atoms with Gasteiger partial charge in [-0.2, -0.15) is 0 Å². The molecular formula is C28H39N3O4S. The number of likely N-dealkylation sites (N-methyl/N-ethyl adjacent to an activating group) is 1. The Hall–Kier alpha value is -3.00. The minimum Gasteiger partial charge on any atom is -0.496 e. The average Bonchev–Trinajstić information content (AvgIpc) is 3.38. The lowest BCUT2D eigenvalue weighted by atomic mass is 9.86. The van der Waals surface area contributed by atoms with Crippen LogP contribution in [-0.2, 0) is 9.59 Å². The van der Waals surface area contributed by atoms with Crippen LogP contribution in [0.25, 0.3) is 6.08 Å². The highest BCUT2D eigenvalue weighted by molar-refractivity contribution is 7.09. The van der Waals surface area contributed by atoms with Crippen molar-refractivity contribution in [3.05, 3.63) is 46.2 Å². The van der Waals surface area contributed by atoms with E-state index in [1.165, 1.54) is 15.9 Å². The Bertz CT molecular complexity index is 1060. The molecule has 0 saturated heterocycles. The van der Waals surface area contributed by atoms with Crippen LogP contribution in [-0.4, -0.2) is 56.1 Å². The fourth-order valence-electron chi connectivity index (χ4n) is 4.50. The molecule has 7 nitrogen and oxygen atoms in total. The van der Waals surface area contributed by atoms with Crippen LogP contribution < -0.4 is 20.1 Å². The van der Waals surface area contributed by atoms with Gasteiger partial charge in [-0.15, -0.1) is 11.3 Å². The quantitative estimate of drug-likeness (QED) is 0.594. The van der Waals surface area contributed by atoms with Crippen LogP contribution in [0.5, 0.6) is 11.5 Å². The second kappa shape index (κ2) is 12.3. The third-order valence-corrected chi connectivity index (χ3v) is 7.98. The van der Waals surface area contributed by atoms with Gasteiger partial charge in [0.15, 0.2) is 0 Å². The monoisotopic (exact) mass is 513 g/mol. The molecule has 1 unspecified atom stereocenters. The summed E-state index contributed by atoms with van der Waals surface area (Å²) in [5.41, 5.74) is 0.339. The lowest BCUT2D eigenvalue weighted by Crippen LogP contribution is -2.62. The number of hydrogen-bond donors (Lipinski definition) is 2. The highest BCUT2D eigenvalue weighted by atomic mass is 32.1. The van der Waals surface area contributed by atoms with E-state index in [0.717, 1.165) is 25.7 Å². The van der Waals surface area contributed by atoms with Crippen LogP contribution in [0.1, 0.15) is 50.0 Å². The highest BCUT2D eigenvalue weighted by Gasteiger charge is 2.41. The van der Waals surface area contributed by atoms with Gasteiger partial charge in [0, 0.05) is 36.2 Å². The van der Waals surface area contributed by atoms with Crippen LogP contribution in [0.2, 0.25) is 0 Å². The topological polar surface area (TPSA) is 79.9 Å². The summed E-state index contributed by atoms with van der Waals surface area (Å²) in [6.45, 7) is 6.39. The number of hydrogen-bond acceptors (Lipinski definition) is 6. The van der Waals surface area contributed by atoms with E-state index in [0.29, 0.717) is 28.7 Å². The Labute approximate surface area is 218 Å². The minimum absolute atomic E-state index is 0.149. The van der Waals surface area contributed by atoms with Crippen molar-refractivity contribution in [2.75, 3.05) is 33.1 Å². The summed E-state index contributed by atoms with van der Waals surface area (Å²) in [6, 6.07) is 7.91. The zero-order valence-electron chi connectivity index (χ0n) is 22.2. The van der Waals surface area contributed by atoms with Gasteiger partial charge in [-0.25, -0.2) is 0 Å². The molecule has 196 valence electrons. The fraction of sp³-hybridized carbons (Fsp3) is 0.500. The van der Waals surface area contributed by atoms with Gasteiger partial charge in [0.2, 0.25) is 11.8 Å². The first kappa shape index (κ1) is 27.6. The minimum atomic E-state index is -1.07. The van der Waals surface area contributed by atoms with Gasteiger partial charge in [-0.1, -0.05) is 13.0 Å². The number of rotatable bonds is 4. The van der Waals surface area contributed by atoms with Crippen molar-refractivity contribution in [2.45, 2.75) is 58.0 Å². The van der Waals surface area contributed by atoms with E-state index >= 15 is 0 Å². The average molecular weight is 514 g/mol. The summed E-state index contributed by atoms with van der Waals surface area (Å²) < 4.78 is 11.0. The number of anilines is 1. The van der Waals surface area contributed by atoms with Crippen molar-refractivity contribution >= 4 is 34.9 Å². The van der Waals surface area contributed by atoms with Gasteiger partial charge in [-0.3, -0.25) is 9.59 Å². The van der Waals surface area contributed by atoms with Crippen molar-refractivity contribution in [2.24, 2.45) is 5.92 Å². The molecule has 36 heavy (non-hydrogen) atoms. The maximum atomic E-state index is 13.4. The van der Waals surface area contributed by atoms with Gasteiger partial charge in [0.05, 0.1) is 19.9 Å². The summed E-state index contributed by atoms with van der Waals surface area (Å²) in [7, 11) is 4.84. The van der Waals surface area contributed by atoms with Crippen molar-refractivity contribution in [3.8, 4) is 11.5 Å². The first-order valence-electron chi connectivity index (χ1n) is 12.5. The predicted molar refractivity (Wildman–Crippen MR) is 147 cm³/mol. The molecule has 8 heteroatoms. The lowest BCUT2D eigenvalue weighted by Gasteiger charge is -2.39. The molecule has 0 bridgehead atoms. The van der Waals surface area contributed by atoms with Gasteiger partial charge < -0.3 is 25.0 Å². The van der Waals surface area contributed by atoms with Crippen LogP contribution >= 0.6 is 11.3 Å². The summed E-state index contributed by atoms with van der Waals surface area (Å²) in [5.74, 6) is 1.55. The van der Waals surface area contributed by atoms with E-state index in [1.807, 2.05) is 6.07 Å². The number of amides is 2. The molecule has 4 rings (SSSR count). The second-order valence-corrected chi connectivity index (χ2v) is 10.9. The molecule has 2 amide bonds. The maximum absolute atomic E-state index is 13.4. The largest absolute Gasteiger partial charge is 0.496 e. The van der Waals surface area contributed by atoms with Crippen molar-refractivity contribution in [3.63, 3.8) is 0 Å². The first-order chi connectivity index (χ1) is 17.2. The molecule has 1 aromatic carbocycles. The molecule has 2 aromatic rings. The van der Waals surface area contributed by atoms with E-state index < -0.39 is 5.54 Å². The third-order valence-electron chi connectivity index (χ3n) is 7.18. The van der Waals surface area contributed by atoms with Crippen molar-refractivity contribution < 1.29 is 19.1 Å². The standard InChI is InChI=1S/C23H33N3O4.C5H6S/c1-15-6-8-16(9-7-15)25-22(28)23(2)14-24-21-17(10-13-20(27)26(23)3)18(29-4)11-12-19(21)30-5;1-5-3-2-4-6-5/h10-13,15-16,24H,6-9,14H2,1-5H3,(H,25,28);2-4H,1H3/b13-10+;. The second-order valence-electron chi connectivity index (χ2n) is 9.77. The molecule has 2 N–H and O–H groups in total. The van der Waals surface area contributed by atoms with Gasteiger partial charge in [0.25, 0.3) is 0 Å². The molecule has 1 atom stereocenters. The Kier molecular flexibility index (Phi) is 9.43. The number of carbonyl (C=O) groups is 2. The number of carbonyl (C=O) groups excluding carboxylic acids is 2. The summed E-state index contributed by atoms with van der Waals surface area (Å²) in [5, 5.41) is 8.63. The first-order valence-corrected chi connectivity index (χ1v) is 13.3. The normalized spacial score (nSPS) is 24.5. The van der Waals surface area contributed by atoms with Gasteiger partial charge in [-0.05, 0) is 75.1 Å². The maximum Gasteiger partial charge on any atom is 0.247 e. The molecule has 1 saturated carbocycles. The fourth-order valence-corrected chi connectivity index (χ4v) is 5.03. The van der Waals surface area contributed by atoms with E-state index in [1.54, 1.807) is 51.7 Å². The number of methoxy groups -OCH3 is 2. The Balaban J connectivity index is 0.000000526. The summed E-state index contributed by atoms with van der Waals surface area (Å²) >= 11 is 1.78. The van der Waals surface area contributed by atoms with Crippen molar-refractivity contribution in [1.29, 1.82) is 0 Å². The highest BCUT2D eigenvalue weighted by Crippen LogP contribution is 2.37. The zero-order valence-corrected chi connectivity index (χ0v) is 23.0. The Morgan fingerprint density at radius 3 is 2.33 bits per heavy atom. The number of fused-ring (bicyclic) bond motifs is 1. The molecule has 2 heterocycles. The van der Waals surface area contributed by atoms with Crippen molar-refractivity contribution in [1.82, 2.24) is 10.2 Å². The molecule has 0 spiro atoms. The Morgan fingerprint density at radius 1 is 1.11 bits per heavy atom. The van der Waals surface area contributed by atoms with Crippen LogP contribution in [0.4, 0.5) is 5.69 Å². The number of nitrogens with zero attached hydrogens (tertiary/aromatic N) is 1. The number of benzene rings is 1. The number of nitrogens with one attached hydrogen (secondary N) is 2. The van der Waals surface area contributed by atoms with Gasteiger partial charge >= 0.3 is 0 Å². The third kappa shape index (κ3) is 6.40.